The summed E-state index contributed by atoms with van der Waals surface area (Å²) in [6, 6.07) is 7.26. The van der Waals surface area contributed by atoms with Crippen molar-refractivity contribution in [2.45, 2.75) is 4.90 Å². The Balaban J connectivity index is 1.67. The second-order valence-corrected chi connectivity index (χ2v) is 7.59. The molecule has 0 spiro atoms. The fourth-order valence-electron chi connectivity index (χ4n) is 1.87. The van der Waals surface area contributed by atoms with Gasteiger partial charge in [0.2, 0.25) is 0 Å². The Labute approximate surface area is 140 Å². The van der Waals surface area contributed by atoms with Crippen molar-refractivity contribution in [1.29, 1.82) is 0 Å². The van der Waals surface area contributed by atoms with Gasteiger partial charge >= 0.3 is 0 Å². The Bertz CT molecular complexity index is 685. The van der Waals surface area contributed by atoms with E-state index in [4.69, 9.17) is 32.7 Å². The molecule has 0 amide bonds. The highest BCUT2D eigenvalue weighted by molar-refractivity contribution is 8.00. The van der Waals surface area contributed by atoms with Crippen molar-refractivity contribution in [3.63, 3.8) is 0 Å². The Kier molecular flexibility index (Phi) is 4.64. The van der Waals surface area contributed by atoms with E-state index in [-0.39, 0.29) is 5.78 Å². The third kappa shape index (κ3) is 3.48. The quantitative estimate of drug-likeness (QED) is 0.579. The van der Waals surface area contributed by atoms with Gasteiger partial charge in [0.1, 0.15) is 17.6 Å². The van der Waals surface area contributed by atoms with Crippen molar-refractivity contribution in [1.82, 2.24) is 0 Å². The summed E-state index contributed by atoms with van der Waals surface area (Å²) in [5, 5.41) is 0. The first-order chi connectivity index (χ1) is 10.1. The second-order valence-electron chi connectivity index (χ2n) is 4.26. The van der Waals surface area contributed by atoms with Crippen LogP contribution in [0.3, 0.4) is 0 Å². The number of ketones is 1. The maximum Gasteiger partial charge on any atom is 0.175 e. The Morgan fingerprint density at radius 2 is 1.95 bits per heavy atom. The van der Waals surface area contributed by atoms with Crippen molar-refractivity contribution in [2.24, 2.45) is 0 Å². The van der Waals surface area contributed by atoms with Crippen LogP contribution in [0.5, 0.6) is 11.5 Å². The highest BCUT2D eigenvalue weighted by Crippen LogP contribution is 2.35. The number of carbonyl (C=O) groups is 1. The molecular formula is C14H10Cl2O3S2. The number of thiophene rings is 1. The maximum absolute atomic E-state index is 12.1. The summed E-state index contributed by atoms with van der Waals surface area (Å²) < 4.78 is 11.9. The molecule has 7 heteroatoms. The molecule has 21 heavy (non-hydrogen) atoms. The lowest BCUT2D eigenvalue weighted by Gasteiger charge is -2.18. The highest BCUT2D eigenvalue weighted by Gasteiger charge is 2.16. The van der Waals surface area contributed by atoms with Crippen LogP contribution in [0, 0.1) is 0 Å². The molecule has 1 aliphatic heterocycles. The van der Waals surface area contributed by atoms with Crippen LogP contribution in [0.4, 0.5) is 0 Å². The zero-order chi connectivity index (χ0) is 14.8. The molecule has 0 atom stereocenters. The normalized spacial score (nSPS) is 13.2. The van der Waals surface area contributed by atoms with Crippen molar-refractivity contribution >= 4 is 52.1 Å². The number of hydrogen-bond donors (Lipinski definition) is 0. The van der Waals surface area contributed by atoms with Crippen LogP contribution in [0.2, 0.25) is 8.67 Å². The smallest absolute Gasteiger partial charge is 0.175 e. The molecule has 1 aliphatic rings. The van der Waals surface area contributed by atoms with Crippen LogP contribution in [0.25, 0.3) is 0 Å². The Morgan fingerprint density at radius 1 is 1.19 bits per heavy atom. The molecular weight excluding hydrogens is 351 g/mol. The number of carbonyl (C=O) groups excluding carboxylic acids is 1. The fraction of sp³-hybridized carbons (Fsp3) is 0.214. The summed E-state index contributed by atoms with van der Waals surface area (Å²) in [6.45, 7) is 1.11. The van der Waals surface area contributed by atoms with Gasteiger partial charge in [-0.3, -0.25) is 4.79 Å². The van der Waals surface area contributed by atoms with Gasteiger partial charge in [0.05, 0.1) is 10.1 Å². The first kappa shape index (κ1) is 15.0. The van der Waals surface area contributed by atoms with Gasteiger partial charge < -0.3 is 9.47 Å². The zero-order valence-electron chi connectivity index (χ0n) is 10.7. The monoisotopic (exact) mass is 360 g/mol. The van der Waals surface area contributed by atoms with Crippen molar-refractivity contribution in [3.05, 3.63) is 38.5 Å². The molecule has 0 bridgehead atoms. The van der Waals surface area contributed by atoms with E-state index in [1.54, 1.807) is 6.07 Å². The molecule has 2 aromatic rings. The van der Waals surface area contributed by atoms with Crippen molar-refractivity contribution < 1.29 is 14.3 Å². The number of fused-ring (bicyclic) bond motifs is 1. The lowest BCUT2D eigenvalue weighted by Crippen LogP contribution is -2.15. The summed E-state index contributed by atoms with van der Waals surface area (Å²) in [4.78, 5) is 13.1. The summed E-state index contributed by atoms with van der Waals surface area (Å²) in [5.74, 6) is 1.72. The van der Waals surface area contributed by atoms with Crippen LogP contribution in [-0.2, 0) is 0 Å². The van der Waals surface area contributed by atoms with Crippen LogP contribution in [0.1, 0.15) is 10.4 Å². The van der Waals surface area contributed by atoms with E-state index < -0.39 is 0 Å². The van der Waals surface area contributed by atoms with Crippen LogP contribution in [0.15, 0.2) is 29.2 Å². The number of hydrogen-bond acceptors (Lipinski definition) is 5. The van der Waals surface area contributed by atoms with E-state index in [9.17, 15) is 4.79 Å². The van der Waals surface area contributed by atoms with Gasteiger partial charge in [-0.1, -0.05) is 23.2 Å². The number of benzene rings is 1. The number of rotatable bonds is 4. The van der Waals surface area contributed by atoms with Crippen molar-refractivity contribution in [3.8, 4) is 11.5 Å². The molecule has 2 heterocycles. The molecule has 0 N–H and O–H groups in total. The predicted molar refractivity (Wildman–Crippen MR) is 86.8 cm³/mol. The minimum Gasteiger partial charge on any atom is -0.486 e. The molecule has 0 unspecified atom stereocenters. The molecule has 0 fully saturated rings. The number of Topliss-reactive ketones (excluding diaryl/α,β-unsaturated/α-hetero) is 1. The van der Waals surface area contributed by atoms with Crippen molar-refractivity contribution in [2.75, 3.05) is 19.0 Å². The summed E-state index contributed by atoms with van der Waals surface area (Å²) >= 11 is 14.5. The molecule has 110 valence electrons. The minimum absolute atomic E-state index is 0.0389. The zero-order valence-corrected chi connectivity index (χ0v) is 13.9. The molecule has 0 saturated carbocycles. The van der Waals surface area contributed by atoms with Crippen LogP contribution in [-0.4, -0.2) is 24.7 Å². The van der Waals surface area contributed by atoms with Gasteiger partial charge in [-0.25, -0.2) is 0 Å². The largest absolute Gasteiger partial charge is 0.486 e. The maximum atomic E-state index is 12.1. The molecule has 0 aliphatic carbocycles. The van der Waals surface area contributed by atoms with E-state index in [0.717, 1.165) is 16.4 Å². The molecule has 3 nitrogen and oxygen atoms in total. The van der Waals surface area contributed by atoms with Gasteiger partial charge in [0.15, 0.2) is 17.3 Å². The summed E-state index contributed by atoms with van der Waals surface area (Å²) in [7, 11) is 0. The minimum atomic E-state index is -0.0389. The molecule has 0 saturated heterocycles. The van der Waals surface area contributed by atoms with Crippen LogP contribution >= 0.6 is 46.3 Å². The average molecular weight is 361 g/mol. The van der Waals surface area contributed by atoms with E-state index in [1.807, 2.05) is 18.2 Å². The summed E-state index contributed by atoms with van der Waals surface area (Å²) in [6.07, 6.45) is 0. The van der Waals surface area contributed by atoms with E-state index in [2.05, 4.69) is 0 Å². The van der Waals surface area contributed by atoms with Crippen LogP contribution < -0.4 is 9.47 Å². The highest BCUT2D eigenvalue weighted by atomic mass is 35.5. The van der Waals surface area contributed by atoms with Gasteiger partial charge in [-0.05, 0) is 24.3 Å². The van der Waals surface area contributed by atoms with E-state index in [1.165, 1.54) is 23.1 Å². The molecule has 1 aromatic carbocycles. The topological polar surface area (TPSA) is 35.5 Å². The Morgan fingerprint density at radius 3 is 2.67 bits per heavy atom. The third-order valence-electron chi connectivity index (χ3n) is 2.84. The second kappa shape index (κ2) is 6.48. The average Bonchev–Trinajstić information content (AvgIpc) is 2.83. The van der Waals surface area contributed by atoms with Gasteiger partial charge in [-0.2, -0.15) is 0 Å². The lowest BCUT2D eigenvalue weighted by molar-refractivity contribution is 0.102. The fourth-order valence-corrected chi connectivity index (χ4v) is 4.18. The Hall–Kier alpha value is -0.880. The van der Waals surface area contributed by atoms with E-state index >= 15 is 0 Å². The van der Waals surface area contributed by atoms with Gasteiger partial charge in [-0.15, -0.1) is 23.1 Å². The number of thioether (sulfide) groups is 1. The first-order valence-corrected chi connectivity index (χ1v) is 8.70. The molecule has 3 rings (SSSR count). The standard InChI is InChI=1S/C14H10Cl2O3S2/c15-13-6-9(14(16)21-13)10(17)7-20-8-1-2-11-12(5-8)19-4-3-18-11/h1-2,5-6H,3-4,7H2. The van der Waals surface area contributed by atoms with E-state index in [0.29, 0.717) is 33.2 Å². The number of halogens is 2. The lowest BCUT2D eigenvalue weighted by atomic mass is 10.2. The first-order valence-electron chi connectivity index (χ1n) is 6.14. The number of ether oxygens (including phenoxy) is 2. The molecule has 0 radical (unpaired) electrons. The SMILES string of the molecule is O=C(CSc1ccc2c(c1)OCCO2)c1cc(Cl)sc1Cl. The summed E-state index contributed by atoms with van der Waals surface area (Å²) in [5.41, 5.74) is 0.483. The van der Waals surface area contributed by atoms with Gasteiger partial charge in [0.25, 0.3) is 0 Å². The van der Waals surface area contributed by atoms with Gasteiger partial charge in [0, 0.05) is 10.5 Å². The third-order valence-corrected chi connectivity index (χ3v) is 5.32. The molecule has 1 aromatic heterocycles. The predicted octanol–water partition coefficient (Wildman–Crippen LogP) is 4.80.